The van der Waals surface area contributed by atoms with Gasteiger partial charge in [-0.2, -0.15) is 0 Å². The number of allylic oxidation sites excluding steroid dienone is 1. The van der Waals surface area contributed by atoms with E-state index in [1.165, 1.54) is 18.4 Å². The molecule has 1 heterocycles. The quantitative estimate of drug-likeness (QED) is 0.734. The van der Waals surface area contributed by atoms with Crippen molar-refractivity contribution in [2.75, 3.05) is 11.9 Å². The highest BCUT2D eigenvalue weighted by Gasteiger charge is 2.20. The minimum Gasteiger partial charge on any atom is -0.352 e. The fourth-order valence-corrected chi connectivity index (χ4v) is 4.49. The summed E-state index contributed by atoms with van der Waals surface area (Å²) in [5.41, 5.74) is 3.36. The molecular weight excluding hydrogens is 356 g/mol. The number of anilines is 1. The number of rotatable bonds is 4. The van der Waals surface area contributed by atoms with Crippen molar-refractivity contribution in [2.24, 2.45) is 0 Å². The first-order valence-electron chi connectivity index (χ1n) is 9.39. The number of hydrogen-bond acceptors (Lipinski definition) is 3. The summed E-state index contributed by atoms with van der Waals surface area (Å²) in [5.74, 6) is -0.242. The molecule has 0 saturated carbocycles. The lowest BCUT2D eigenvalue weighted by Gasteiger charge is -2.13. The SMILES string of the molecule is O=C(NCCC1=CCCCC1)c1ccc2c(c1)NC(=O)c1ccccc1S2. The molecule has 0 spiro atoms. The van der Waals surface area contributed by atoms with Crippen LogP contribution in [0.15, 0.2) is 63.9 Å². The number of carbonyl (C=O) groups excluding carboxylic acids is 2. The van der Waals surface area contributed by atoms with Gasteiger partial charge in [0, 0.05) is 21.9 Å². The van der Waals surface area contributed by atoms with Crippen LogP contribution in [0.25, 0.3) is 0 Å². The van der Waals surface area contributed by atoms with E-state index in [9.17, 15) is 9.59 Å². The van der Waals surface area contributed by atoms with Crippen molar-refractivity contribution in [2.45, 2.75) is 41.9 Å². The first-order valence-corrected chi connectivity index (χ1v) is 10.2. The van der Waals surface area contributed by atoms with Crippen LogP contribution >= 0.6 is 11.8 Å². The topological polar surface area (TPSA) is 58.2 Å². The standard InChI is InChI=1S/C22H22N2O2S/c25-21(23-13-12-15-6-2-1-3-7-15)16-10-11-20-18(14-16)24-22(26)17-8-4-5-9-19(17)27-20/h4-6,8-11,14H,1-3,7,12-13H2,(H,23,25)(H,24,26). The van der Waals surface area contributed by atoms with Crippen molar-refractivity contribution in [3.63, 3.8) is 0 Å². The molecule has 2 aliphatic rings. The molecule has 2 aromatic rings. The van der Waals surface area contributed by atoms with Gasteiger partial charge in [0.1, 0.15) is 0 Å². The van der Waals surface area contributed by atoms with Crippen LogP contribution in [0.4, 0.5) is 5.69 Å². The van der Waals surface area contributed by atoms with Gasteiger partial charge < -0.3 is 10.6 Å². The van der Waals surface area contributed by atoms with E-state index >= 15 is 0 Å². The Kier molecular flexibility index (Phi) is 5.30. The Morgan fingerprint density at radius 1 is 1.11 bits per heavy atom. The number of hydrogen-bond donors (Lipinski definition) is 2. The zero-order chi connectivity index (χ0) is 18.6. The normalized spacial score (nSPS) is 15.7. The molecule has 4 nitrogen and oxygen atoms in total. The predicted octanol–water partition coefficient (Wildman–Crippen LogP) is 5.02. The summed E-state index contributed by atoms with van der Waals surface area (Å²) in [7, 11) is 0. The molecule has 0 aromatic heterocycles. The maximum atomic E-state index is 12.5. The van der Waals surface area contributed by atoms with Crippen LogP contribution in [-0.2, 0) is 0 Å². The van der Waals surface area contributed by atoms with Crippen molar-refractivity contribution in [3.05, 3.63) is 65.2 Å². The summed E-state index contributed by atoms with van der Waals surface area (Å²) in [6.07, 6.45) is 8.07. The summed E-state index contributed by atoms with van der Waals surface area (Å²) in [4.78, 5) is 26.8. The molecule has 1 aliphatic carbocycles. The smallest absolute Gasteiger partial charge is 0.256 e. The van der Waals surface area contributed by atoms with E-state index in [2.05, 4.69) is 16.7 Å². The van der Waals surface area contributed by atoms with Gasteiger partial charge in [-0.1, -0.05) is 35.5 Å². The van der Waals surface area contributed by atoms with Gasteiger partial charge in [0.05, 0.1) is 11.3 Å². The number of carbonyl (C=O) groups is 2. The monoisotopic (exact) mass is 378 g/mol. The highest BCUT2D eigenvalue weighted by Crippen LogP contribution is 2.38. The molecule has 0 fully saturated rings. The van der Waals surface area contributed by atoms with Crippen molar-refractivity contribution in [3.8, 4) is 0 Å². The van der Waals surface area contributed by atoms with Crippen molar-refractivity contribution in [1.29, 1.82) is 0 Å². The Morgan fingerprint density at radius 3 is 2.85 bits per heavy atom. The highest BCUT2D eigenvalue weighted by atomic mass is 32.2. The van der Waals surface area contributed by atoms with E-state index in [0.29, 0.717) is 23.4 Å². The van der Waals surface area contributed by atoms with Gasteiger partial charge in [-0.25, -0.2) is 0 Å². The van der Waals surface area contributed by atoms with E-state index in [-0.39, 0.29) is 11.8 Å². The molecule has 2 aromatic carbocycles. The number of fused-ring (bicyclic) bond motifs is 2. The van der Waals surface area contributed by atoms with Gasteiger partial charge in [0.25, 0.3) is 11.8 Å². The molecule has 27 heavy (non-hydrogen) atoms. The van der Waals surface area contributed by atoms with Gasteiger partial charge in [0.15, 0.2) is 0 Å². The van der Waals surface area contributed by atoms with Crippen LogP contribution < -0.4 is 10.6 Å². The number of benzene rings is 2. The highest BCUT2D eigenvalue weighted by molar-refractivity contribution is 7.99. The zero-order valence-corrected chi connectivity index (χ0v) is 15.9. The maximum Gasteiger partial charge on any atom is 0.256 e. The van der Waals surface area contributed by atoms with Crippen LogP contribution in [0.2, 0.25) is 0 Å². The van der Waals surface area contributed by atoms with Crippen LogP contribution in [-0.4, -0.2) is 18.4 Å². The Morgan fingerprint density at radius 2 is 2.00 bits per heavy atom. The predicted molar refractivity (Wildman–Crippen MR) is 108 cm³/mol. The first-order chi connectivity index (χ1) is 13.2. The molecule has 0 bridgehead atoms. The molecule has 138 valence electrons. The number of amides is 2. The summed E-state index contributed by atoms with van der Waals surface area (Å²) in [6, 6.07) is 13.0. The minimum atomic E-state index is -0.140. The Balaban J connectivity index is 1.45. The third-order valence-electron chi connectivity index (χ3n) is 4.96. The van der Waals surface area contributed by atoms with Gasteiger partial charge >= 0.3 is 0 Å². The van der Waals surface area contributed by atoms with Crippen molar-refractivity contribution < 1.29 is 9.59 Å². The summed E-state index contributed by atoms with van der Waals surface area (Å²) in [6.45, 7) is 0.647. The second kappa shape index (κ2) is 8.01. The van der Waals surface area contributed by atoms with Crippen LogP contribution in [0.3, 0.4) is 0 Å². The lowest BCUT2D eigenvalue weighted by atomic mass is 9.97. The lowest BCUT2D eigenvalue weighted by molar-refractivity contribution is 0.0952. The fraction of sp³-hybridized carbons (Fsp3) is 0.273. The molecule has 1 aliphatic heterocycles. The van der Waals surface area contributed by atoms with E-state index in [1.54, 1.807) is 17.8 Å². The van der Waals surface area contributed by atoms with Gasteiger partial charge in [-0.3, -0.25) is 9.59 Å². The molecule has 2 amide bonds. The molecule has 0 radical (unpaired) electrons. The summed E-state index contributed by atoms with van der Waals surface area (Å²) >= 11 is 1.54. The molecule has 0 unspecified atom stereocenters. The van der Waals surface area contributed by atoms with Crippen LogP contribution in [0.5, 0.6) is 0 Å². The molecule has 5 heteroatoms. The van der Waals surface area contributed by atoms with E-state index in [4.69, 9.17) is 0 Å². The third kappa shape index (κ3) is 4.08. The van der Waals surface area contributed by atoms with Gasteiger partial charge in [-0.15, -0.1) is 0 Å². The first kappa shape index (κ1) is 17.9. The largest absolute Gasteiger partial charge is 0.352 e. The third-order valence-corrected chi connectivity index (χ3v) is 6.11. The van der Waals surface area contributed by atoms with E-state index in [1.807, 2.05) is 36.4 Å². The average Bonchev–Trinajstić information content (AvgIpc) is 2.84. The molecule has 0 atom stereocenters. The Labute approximate surface area is 163 Å². The average molecular weight is 378 g/mol. The second-order valence-electron chi connectivity index (χ2n) is 6.88. The lowest BCUT2D eigenvalue weighted by Crippen LogP contribution is -2.25. The van der Waals surface area contributed by atoms with Gasteiger partial charge in [-0.05, 0) is 62.4 Å². The van der Waals surface area contributed by atoms with E-state index < -0.39 is 0 Å². The molecule has 0 saturated heterocycles. The van der Waals surface area contributed by atoms with Crippen LogP contribution in [0.1, 0.15) is 52.8 Å². The zero-order valence-electron chi connectivity index (χ0n) is 15.1. The summed E-state index contributed by atoms with van der Waals surface area (Å²) in [5, 5.41) is 5.93. The molecule has 2 N–H and O–H groups in total. The second-order valence-corrected chi connectivity index (χ2v) is 7.96. The van der Waals surface area contributed by atoms with Crippen molar-refractivity contribution >= 4 is 29.3 Å². The Hall–Kier alpha value is -2.53. The van der Waals surface area contributed by atoms with Crippen LogP contribution in [0, 0.1) is 0 Å². The molecule has 4 rings (SSSR count). The summed E-state index contributed by atoms with van der Waals surface area (Å²) < 4.78 is 0. The fourth-order valence-electron chi connectivity index (χ4n) is 3.48. The maximum absolute atomic E-state index is 12.5. The Bertz CT molecular complexity index is 920. The minimum absolute atomic E-state index is 0.102. The number of nitrogens with one attached hydrogen (secondary N) is 2. The van der Waals surface area contributed by atoms with E-state index in [0.717, 1.165) is 29.1 Å². The van der Waals surface area contributed by atoms with Crippen molar-refractivity contribution in [1.82, 2.24) is 5.32 Å². The molecular formula is C22H22N2O2S. The van der Waals surface area contributed by atoms with Gasteiger partial charge in [0.2, 0.25) is 0 Å².